The predicted molar refractivity (Wildman–Crippen MR) is 136 cm³/mol. The average Bonchev–Trinajstić information content (AvgIpc) is 3.41. The van der Waals surface area contributed by atoms with Crippen LogP contribution in [0.1, 0.15) is 21.7 Å². The molecule has 3 aromatic carbocycles. The molecule has 2 N–H and O–H groups in total. The summed E-state index contributed by atoms with van der Waals surface area (Å²) in [6.45, 7) is 1.72. The van der Waals surface area contributed by atoms with Crippen molar-refractivity contribution in [3.8, 4) is 16.9 Å². The van der Waals surface area contributed by atoms with Gasteiger partial charge in [0.2, 0.25) is 0 Å². The van der Waals surface area contributed by atoms with Gasteiger partial charge in [0.25, 0.3) is 5.91 Å². The van der Waals surface area contributed by atoms with Crippen LogP contribution in [0, 0.1) is 0 Å². The SMILES string of the molecule is CNC(=O)c1ccc(CN(Cc2ccco2)CC(O)COc2ccc(-c3ccccc3)cc2)cc1. The third-order valence-corrected chi connectivity index (χ3v) is 5.68. The van der Waals surface area contributed by atoms with Gasteiger partial charge in [-0.05, 0) is 53.1 Å². The number of hydrogen-bond donors (Lipinski definition) is 2. The molecule has 35 heavy (non-hydrogen) atoms. The molecule has 0 saturated carbocycles. The van der Waals surface area contributed by atoms with E-state index < -0.39 is 6.10 Å². The van der Waals surface area contributed by atoms with E-state index in [1.54, 1.807) is 25.4 Å². The summed E-state index contributed by atoms with van der Waals surface area (Å²) in [6.07, 6.45) is 0.952. The van der Waals surface area contributed by atoms with Gasteiger partial charge >= 0.3 is 0 Å². The smallest absolute Gasteiger partial charge is 0.251 e. The second-order valence-electron chi connectivity index (χ2n) is 8.38. The number of nitrogens with zero attached hydrogens (tertiary/aromatic N) is 1. The lowest BCUT2D eigenvalue weighted by molar-refractivity contribution is 0.0605. The number of hydrogen-bond acceptors (Lipinski definition) is 5. The maximum absolute atomic E-state index is 11.8. The monoisotopic (exact) mass is 470 g/mol. The summed E-state index contributed by atoms with van der Waals surface area (Å²) in [6, 6.07) is 29.3. The van der Waals surface area contributed by atoms with E-state index in [0.29, 0.717) is 30.9 Å². The summed E-state index contributed by atoms with van der Waals surface area (Å²) in [5.41, 5.74) is 3.91. The van der Waals surface area contributed by atoms with Crippen molar-refractivity contribution in [2.75, 3.05) is 20.2 Å². The molecule has 1 heterocycles. The largest absolute Gasteiger partial charge is 0.491 e. The van der Waals surface area contributed by atoms with E-state index in [1.807, 2.05) is 66.7 Å². The summed E-state index contributed by atoms with van der Waals surface area (Å²) in [5, 5.41) is 13.3. The zero-order chi connectivity index (χ0) is 24.5. The molecule has 1 aromatic heterocycles. The molecule has 1 atom stereocenters. The van der Waals surface area contributed by atoms with Gasteiger partial charge < -0.3 is 19.6 Å². The second-order valence-corrected chi connectivity index (χ2v) is 8.38. The molecule has 0 radical (unpaired) electrons. The van der Waals surface area contributed by atoms with Crippen molar-refractivity contribution in [2.24, 2.45) is 0 Å². The highest BCUT2D eigenvalue weighted by atomic mass is 16.5. The van der Waals surface area contributed by atoms with Crippen molar-refractivity contribution in [1.29, 1.82) is 0 Å². The van der Waals surface area contributed by atoms with E-state index in [-0.39, 0.29) is 12.5 Å². The van der Waals surface area contributed by atoms with Gasteiger partial charge in [-0.2, -0.15) is 0 Å². The molecule has 0 aliphatic carbocycles. The van der Waals surface area contributed by atoms with Crippen LogP contribution < -0.4 is 10.1 Å². The van der Waals surface area contributed by atoms with Gasteiger partial charge in [0.05, 0.1) is 12.8 Å². The van der Waals surface area contributed by atoms with Crippen molar-refractivity contribution >= 4 is 5.91 Å². The molecule has 0 aliphatic heterocycles. The second kappa shape index (κ2) is 12.0. The third kappa shape index (κ3) is 7.06. The topological polar surface area (TPSA) is 74.9 Å². The lowest BCUT2D eigenvalue weighted by Crippen LogP contribution is -2.35. The summed E-state index contributed by atoms with van der Waals surface area (Å²) in [4.78, 5) is 13.9. The van der Waals surface area contributed by atoms with E-state index in [9.17, 15) is 9.90 Å². The molecule has 0 fully saturated rings. The van der Waals surface area contributed by atoms with Gasteiger partial charge in [-0.25, -0.2) is 0 Å². The van der Waals surface area contributed by atoms with E-state index in [2.05, 4.69) is 22.3 Å². The predicted octanol–water partition coefficient (Wildman–Crippen LogP) is 4.75. The van der Waals surface area contributed by atoms with Crippen molar-refractivity contribution in [3.05, 3.63) is 114 Å². The van der Waals surface area contributed by atoms with Crippen LogP contribution in [-0.4, -0.2) is 42.2 Å². The Morgan fingerprint density at radius 2 is 1.63 bits per heavy atom. The highest BCUT2D eigenvalue weighted by Gasteiger charge is 2.16. The maximum Gasteiger partial charge on any atom is 0.251 e. The quantitative estimate of drug-likeness (QED) is 0.331. The Balaban J connectivity index is 1.35. The van der Waals surface area contributed by atoms with Crippen molar-refractivity contribution in [3.63, 3.8) is 0 Å². The van der Waals surface area contributed by atoms with Crippen LogP contribution in [-0.2, 0) is 13.1 Å². The number of carbonyl (C=O) groups excluding carboxylic acids is 1. The fourth-order valence-corrected chi connectivity index (χ4v) is 3.89. The minimum Gasteiger partial charge on any atom is -0.491 e. The normalized spacial score (nSPS) is 11.9. The summed E-state index contributed by atoms with van der Waals surface area (Å²) >= 11 is 0. The molecule has 0 spiro atoms. The molecule has 1 unspecified atom stereocenters. The number of ether oxygens (including phenoxy) is 1. The highest BCUT2D eigenvalue weighted by Crippen LogP contribution is 2.22. The number of aliphatic hydroxyl groups excluding tert-OH is 1. The molecule has 6 heteroatoms. The van der Waals surface area contributed by atoms with Crippen LogP contribution in [0.2, 0.25) is 0 Å². The lowest BCUT2D eigenvalue weighted by Gasteiger charge is -2.24. The molecule has 6 nitrogen and oxygen atoms in total. The number of aliphatic hydroxyl groups is 1. The molecular weight excluding hydrogens is 440 g/mol. The molecule has 4 aromatic rings. The van der Waals surface area contributed by atoms with Crippen molar-refractivity contribution in [1.82, 2.24) is 10.2 Å². The maximum atomic E-state index is 11.8. The Kier molecular flexibility index (Phi) is 8.33. The van der Waals surface area contributed by atoms with Crippen LogP contribution >= 0.6 is 0 Å². The van der Waals surface area contributed by atoms with Gasteiger partial charge in [0.1, 0.15) is 24.2 Å². The number of carbonyl (C=O) groups is 1. The molecular formula is C29H30N2O4. The Morgan fingerprint density at radius 3 is 2.29 bits per heavy atom. The van der Waals surface area contributed by atoms with Crippen LogP contribution in [0.25, 0.3) is 11.1 Å². The average molecular weight is 471 g/mol. The first kappa shape index (κ1) is 24.3. The van der Waals surface area contributed by atoms with Gasteiger partial charge in [-0.1, -0.05) is 54.6 Å². The highest BCUT2D eigenvalue weighted by molar-refractivity contribution is 5.93. The minimum absolute atomic E-state index is 0.117. The number of nitrogens with one attached hydrogen (secondary N) is 1. The first-order chi connectivity index (χ1) is 17.1. The van der Waals surface area contributed by atoms with Crippen LogP contribution in [0.3, 0.4) is 0 Å². The number of furan rings is 1. The Morgan fingerprint density at radius 1 is 0.914 bits per heavy atom. The van der Waals surface area contributed by atoms with E-state index in [1.165, 1.54) is 0 Å². The first-order valence-corrected chi connectivity index (χ1v) is 11.6. The zero-order valence-electron chi connectivity index (χ0n) is 19.8. The molecule has 180 valence electrons. The number of rotatable bonds is 11. The molecule has 0 bridgehead atoms. The van der Waals surface area contributed by atoms with Crippen LogP contribution in [0.15, 0.2) is 102 Å². The molecule has 0 aliphatic rings. The minimum atomic E-state index is -0.691. The summed E-state index contributed by atoms with van der Waals surface area (Å²) in [7, 11) is 1.61. The van der Waals surface area contributed by atoms with E-state index in [4.69, 9.17) is 9.15 Å². The van der Waals surface area contributed by atoms with Gasteiger partial charge in [-0.3, -0.25) is 9.69 Å². The number of benzene rings is 3. The fourth-order valence-electron chi connectivity index (χ4n) is 3.89. The molecule has 1 amide bonds. The standard InChI is InChI=1S/C29H30N2O4/c1-30-29(33)25-11-9-22(10-12-25)18-31(20-28-8-5-17-34-28)19-26(32)21-35-27-15-13-24(14-16-27)23-6-3-2-4-7-23/h2-17,26,32H,18-21H2,1H3,(H,30,33). The zero-order valence-corrected chi connectivity index (χ0v) is 19.8. The van der Waals surface area contributed by atoms with Gasteiger partial charge in [0.15, 0.2) is 0 Å². The first-order valence-electron chi connectivity index (χ1n) is 11.6. The molecule has 0 saturated heterocycles. The lowest BCUT2D eigenvalue weighted by atomic mass is 10.1. The van der Waals surface area contributed by atoms with Crippen LogP contribution in [0.4, 0.5) is 0 Å². The van der Waals surface area contributed by atoms with Gasteiger partial charge in [-0.15, -0.1) is 0 Å². The van der Waals surface area contributed by atoms with Gasteiger partial charge in [0, 0.05) is 25.7 Å². The Bertz CT molecular complexity index is 1170. The summed E-state index contributed by atoms with van der Waals surface area (Å²) in [5.74, 6) is 1.41. The fraction of sp³-hybridized carbons (Fsp3) is 0.207. The Hall–Kier alpha value is -3.87. The van der Waals surface area contributed by atoms with Crippen molar-refractivity contribution < 1.29 is 19.1 Å². The number of amides is 1. The van der Waals surface area contributed by atoms with E-state index >= 15 is 0 Å². The van der Waals surface area contributed by atoms with Crippen molar-refractivity contribution in [2.45, 2.75) is 19.2 Å². The Labute approximate surface area is 205 Å². The van der Waals surface area contributed by atoms with Crippen LogP contribution in [0.5, 0.6) is 5.75 Å². The van der Waals surface area contributed by atoms with E-state index in [0.717, 1.165) is 22.5 Å². The molecule has 4 rings (SSSR count). The summed E-state index contributed by atoms with van der Waals surface area (Å²) < 4.78 is 11.4. The third-order valence-electron chi connectivity index (χ3n) is 5.68.